The van der Waals surface area contributed by atoms with Gasteiger partial charge in [0.25, 0.3) is 0 Å². The molecule has 1 aromatic heterocycles. The third-order valence-electron chi connectivity index (χ3n) is 2.08. The summed E-state index contributed by atoms with van der Waals surface area (Å²) in [7, 11) is 0. The Bertz CT molecular complexity index is 320. The van der Waals surface area contributed by atoms with Crippen molar-refractivity contribution >= 4 is 11.8 Å². The molecule has 0 atom stereocenters. The summed E-state index contributed by atoms with van der Waals surface area (Å²) in [5.41, 5.74) is 0. The first-order valence-electron chi connectivity index (χ1n) is 4.40. The van der Waals surface area contributed by atoms with Crippen LogP contribution in [0.2, 0.25) is 0 Å². The molecule has 0 radical (unpaired) electrons. The molecule has 13 heavy (non-hydrogen) atoms. The predicted octanol–water partition coefficient (Wildman–Crippen LogP) is 0.433. The molecule has 0 saturated carbocycles. The molecule has 70 valence electrons. The molecule has 2 rings (SSSR count). The number of amides is 2. The predicted molar refractivity (Wildman–Crippen MR) is 48.6 cm³/mol. The number of aromatic nitrogens is 2. The molecule has 0 bridgehead atoms. The van der Waals surface area contributed by atoms with Gasteiger partial charge in [-0.05, 0) is 6.92 Å². The second-order valence-electron chi connectivity index (χ2n) is 2.91. The van der Waals surface area contributed by atoms with Crippen molar-refractivity contribution in [1.82, 2.24) is 15.1 Å². The van der Waals surface area contributed by atoms with Crippen LogP contribution in [0.4, 0.5) is 10.6 Å². The lowest BCUT2D eigenvalue weighted by molar-refractivity contribution is 0.252. The highest BCUT2D eigenvalue weighted by Gasteiger charge is 2.22. The largest absolute Gasteiger partial charge is 0.336 e. The third-order valence-corrected chi connectivity index (χ3v) is 2.08. The second-order valence-corrected chi connectivity index (χ2v) is 2.91. The quantitative estimate of drug-likeness (QED) is 0.717. The van der Waals surface area contributed by atoms with Crippen molar-refractivity contribution < 1.29 is 4.79 Å². The summed E-state index contributed by atoms with van der Waals surface area (Å²) in [5, 5.41) is 6.98. The zero-order chi connectivity index (χ0) is 9.26. The van der Waals surface area contributed by atoms with Crippen LogP contribution in [0.3, 0.4) is 0 Å². The molecule has 1 fully saturated rings. The fourth-order valence-electron chi connectivity index (χ4n) is 1.36. The first kappa shape index (κ1) is 8.10. The Kier molecular flexibility index (Phi) is 1.92. The van der Waals surface area contributed by atoms with Crippen LogP contribution in [0, 0.1) is 0 Å². The standard InChI is InChI=1S/C8H12N4O/c1-2-11-5-3-7(10-11)12-6-4-9-8(12)13/h3,5H,2,4,6H2,1H3,(H,9,13). The SMILES string of the molecule is CCn1ccc(N2CCNC2=O)n1. The molecule has 1 N–H and O–H groups in total. The maximum atomic E-state index is 11.2. The van der Waals surface area contributed by atoms with Gasteiger partial charge in [0.2, 0.25) is 0 Å². The van der Waals surface area contributed by atoms with Crippen LogP contribution < -0.4 is 10.2 Å². The van der Waals surface area contributed by atoms with Crippen LogP contribution in [0.5, 0.6) is 0 Å². The van der Waals surface area contributed by atoms with Gasteiger partial charge in [-0.2, -0.15) is 5.10 Å². The molecule has 1 aliphatic heterocycles. The van der Waals surface area contributed by atoms with Crippen molar-refractivity contribution in [2.24, 2.45) is 0 Å². The highest BCUT2D eigenvalue weighted by atomic mass is 16.2. The van der Waals surface area contributed by atoms with E-state index in [1.165, 1.54) is 0 Å². The number of hydrogen-bond acceptors (Lipinski definition) is 2. The summed E-state index contributed by atoms with van der Waals surface area (Å²) in [6.07, 6.45) is 1.88. The van der Waals surface area contributed by atoms with Gasteiger partial charge in [-0.1, -0.05) is 0 Å². The molecule has 1 saturated heterocycles. The van der Waals surface area contributed by atoms with Crippen molar-refractivity contribution in [2.45, 2.75) is 13.5 Å². The molecule has 1 aliphatic rings. The van der Waals surface area contributed by atoms with E-state index in [1.54, 1.807) is 9.58 Å². The molecule has 0 spiro atoms. The average molecular weight is 180 g/mol. The van der Waals surface area contributed by atoms with Crippen molar-refractivity contribution in [3.63, 3.8) is 0 Å². The number of hydrogen-bond donors (Lipinski definition) is 1. The molecule has 5 heteroatoms. The topological polar surface area (TPSA) is 50.2 Å². The Morgan fingerprint density at radius 1 is 1.69 bits per heavy atom. The Balaban J connectivity index is 2.19. The maximum Gasteiger partial charge on any atom is 0.323 e. The first-order chi connectivity index (χ1) is 6.31. The highest BCUT2D eigenvalue weighted by molar-refractivity contribution is 5.92. The van der Waals surface area contributed by atoms with Crippen LogP contribution in [0.25, 0.3) is 0 Å². The van der Waals surface area contributed by atoms with E-state index in [9.17, 15) is 4.79 Å². The zero-order valence-electron chi connectivity index (χ0n) is 7.53. The minimum absolute atomic E-state index is 0.0543. The molecule has 0 unspecified atom stereocenters. The van der Waals surface area contributed by atoms with Gasteiger partial charge < -0.3 is 5.32 Å². The van der Waals surface area contributed by atoms with Gasteiger partial charge in [0.05, 0.1) is 0 Å². The van der Waals surface area contributed by atoms with E-state index in [0.29, 0.717) is 13.1 Å². The summed E-state index contributed by atoms with van der Waals surface area (Å²) >= 11 is 0. The molecule has 5 nitrogen and oxygen atoms in total. The fraction of sp³-hybridized carbons (Fsp3) is 0.500. The molecular weight excluding hydrogens is 168 g/mol. The normalized spacial score (nSPS) is 16.4. The van der Waals surface area contributed by atoms with Crippen LogP contribution in [0.1, 0.15) is 6.92 Å². The number of carbonyl (C=O) groups is 1. The minimum atomic E-state index is -0.0543. The van der Waals surface area contributed by atoms with Gasteiger partial charge in [-0.25, -0.2) is 4.79 Å². The van der Waals surface area contributed by atoms with Crippen LogP contribution >= 0.6 is 0 Å². The lowest BCUT2D eigenvalue weighted by Gasteiger charge is -2.09. The van der Waals surface area contributed by atoms with Crippen molar-refractivity contribution in [3.05, 3.63) is 12.3 Å². The zero-order valence-corrected chi connectivity index (χ0v) is 7.53. The molecule has 0 aromatic carbocycles. The van der Waals surface area contributed by atoms with Gasteiger partial charge in [-0.15, -0.1) is 0 Å². The van der Waals surface area contributed by atoms with E-state index < -0.39 is 0 Å². The number of aryl methyl sites for hydroxylation is 1. The summed E-state index contributed by atoms with van der Waals surface area (Å²) in [4.78, 5) is 12.9. The smallest absolute Gasteiger partial charge is 0.323 e. The molecule has 2 amide bonds. The monoisotopic (exact) mass is 180 g/mol. The maximum absolute atomic E-state index is 11.2. The lowest BCUT2D eigenvalue weighted by atomic mass is 10.5. The average Bonchev–Trinajstić information content (AvgIpc) is 2.71. The second kappa shape index (κ2) is 3.08. The number of anilines is 1. The number of rotatable bonds is 2. The van der Waals surface area contributed by atoms with Crippen LogP contribution in [0.15, 0.2) is 12.3 Å². The molecule has 2 heterocycles. The Morgan fingerprint density at radius 2 is 2.54 bits per heavy atom. The number of carbonyl (C=O) groups excluding carboxylic acids is 1. The van der Waals surface area contributed by atoms with Gasteiger partial charge in [0.1, 0.15) is 0 Å². The van der Waals surface area contributed by atoms with Gasteiger partial charge in [0, 0.05) is 31.9 Å². The Morgan fingerprint density at radius 3 is 3.08 bits per heavy atom. The number of urea groups is 1. The molecular formula is C8H12N4O. The van der Waals surface area contributed by atoms with E-state index in [-0.39, 0.29) is 6.03 Å². The number of nitrogens with zero attached hydrogens (tertiary/aromatic N) is 3. The van der Waals surface area contributed by atoms with E-state index in [1.807, 2.05) is 19.2 Å². The first-order valence-corrected chi connectivity index (χ1v) is 4.40. The van der Waals surface area contributed by atoms with E-state index in [0.717, 1.165) is 12.4 Å². The number of nitrogens with one attached hydrogen (secondary N) is 1. The summed E-state index contributed by atoms with van der Waals surface area (Å²) in [5.74, 6) is 0.733. The van der Waals surface area contributed by atoms with Crippen molar-refractivity contribution in [1.29, 1.82) is 0 Å². The Hall–Kier alpha value is -1.52. The summed E-state index contributed by atoms with van der Waals surface area (Å²) in [6, 6.07) is 1.80. The van der Waals surface area contributed by atoms with Crippen molar-refractivity contribution in [2.75, 3.05) is 18.0 Å². The van der Waals surface area contributed by atoms with Crippen molar-refractivity contribution in [3.8, 4) is 0 Å². The lowest BCUT2D eigenvalue weighted by Crippen LogP contribution is -2.28. The van der Waals surface area contributed by atoms with Gasteiger partial charge >= 0.3 is 6.03 Å². The van der Waals surface area contributed by atoms with E-state index in [4.69, 9.17) is 0 Å². The molecule has 0 aliphatic carbocycles. The van der Waals surface area contributed by atoms with E-state index in [2.05, 4.69) is 10.4 Å². The summed E-state index contributed by atoms with van der Waals surface area (Å²) in [6.45, 7) is 4.26. The van der Waals surface area contributed by atoms with Gasteiger partial charge in [-0.3, -0.25) is 9.58 Å². The van der Waals surface area contributed by atoms with E-state index >= 15 is 0 Å². The highest BCUT2D eigenvalue weighted by Crippen LogP contribution is 2.12. The van der Waals surface area contributed by atoms with Crippen LogP contribution in [-0.4, -0.2) is 28.9 Å². The Labute approximate surface area is 76.3 Å². The third kappa shape index (κ3) is 1.37. The van der Waals surface area contributed by atoms with Crippen LogP contribution in [-0.2, 0) is 6.54 Å². The molecule has 1 aromatic rings. The fourth-order valence-corrected chi connectivity index (χ4v) is 1.36. The van der Waals surface area contributed by atoms with Gasteiger partial charge in [0.15, 0.2) is 5.82 Å². The summed E-state index contributed by atoms with van der Waals surface area (Å²) < 4.78 is 1.81. The minimum Gasteiger partial charge on any atom is -0.336 e.